The number of hydrogen-bond acceptors (Lipinski definition) is 6. The summed E-state index contributed by atoms with van der Waals surface area (Å²) in [6.45, 7) is 0. The van der Waals surface area contributed by atoms with Crippen LogP contribution in [0.25, 0.3) is 0 Å². The number of pyridine rings is 1. The highest BCUT2D eigenvalue weighted by Crippen LogP contribution is 2.35. The Morgan fingerprint density at radius 1 is 1.00 bits per heavy atom. The molecule has 2 aromatic rings. The molecule has 0 fully saturated rings. The maximum atomic E-state index is 12.6. The fourth-order valence-electron chi connectivity index (χ4n) is 1.90. The molecule has 0 saturated carbocycles. The third kappa shape index (κ3) is 4.42. The molecule has 0 aliphatic carbocycles. The van der Waals surface area contributed by atoms with Crippen molar-refractivity contribution in [1.82, 2.24) is 4.98 Å². The van der Waals surface area contributed by atoms with E-state index in [0.29, 0.717) is 12.3 Å². The Kier molecular flexibility index (Phi) is 5.71. The highest BCUT2D eigenvalue weighted by atomic mass is 35.5. The average Bonchev–Trinajstić information content (AvgIpc) is 2.60. The van der Waals surface area contributed by atoms with E-state index in [2.05, 4.69) is 14.5 Å². The summed E-state index contributed by atoms with van der Waals surface area (Å²) >= 11 is 5.77. The number of aromatic nitrogens is 1. The number of carbonyl (C=O) groups excluding carboxylic acids is 2. The zero-order valence-electron chi connectivity index (χ0n) is 13.4. The van der Waals surface area contributed by atoms with Gasteiger partial charge >= 0.3 is 18.1 Å². The molecule has 10 heteroatoms. The minimum atomic E-state index is -4.61. The molecule has 6 nitrogen and oxygen atoms in total. The molecule has 0 N–H and O–H groups in total. The molecule has 0 amide bonds. The summed E-state index contributed by atoms with van der Waals surface area (Å²) < 4.78 is 52.4. The topological polar surface area (TPSA) is 74.7 Å². The van der Waals surface area contributed by atoms with E-state index < -0.39 is 28.7 Å². The molecular weight excluding hydrogens is 379 g/mol. The molecule has 0 saturated heterocycles. The number of hydrogen-bond donors (Lipinski definition) is 0. The number of benzene rings is 1. The van der Waals surface area contributed by atoms with E-state index in [1.807, 2.05) is 0 Å². The van der Waals surface area contributed by atoms with Crippen molar-refractivity contribution in [2.24, 2.45) is 0 Å². The van der Waals surface area contributed by atoms with Crippen molar-refractivity contribution >= 4 is 23.5 Å². The second kappa shape index (κ2) is 7.61. The normalized spacial score (nSPS) is 11.0. The fourth-order valence-corrected chi connectivity index (χ4v) is 2.10. The zero-order chi connectivity index (χ0) is 19.5. The summed E-state index contributed by atoms with van der Waals surface area (Å²) in [4.78, 5) is 26.9. The molecule has 0 spiro atoms. The standard InChI is InChI=1S/C16H11ClF3NO5/c1-24-14(22)8-3-9(15(23)25-2)5-11(4-8)26-13-12(17)6-10(7-21-13)16(18,19)20/h3-7H,1-2H3. The zero-order valence-corrected chi connectivity index (χ0v) is 14.1. The van der Waals surface area contributed by atoms with Crippen LogP contribution in [0, 0.1) is 0 Å². The number of alkyl halides is 3. The predicted octanol–water partition coefficient (Wildman–Crippen LogP) is 4.12. The number of rotatable bonds is 4. The summed E-state index contributed by atoms with van der Waals surface area (Å²) in [5.41, 5.74) is -1.12. The molecule has 0 unspecified atom stereocenters. The van der Waals surface area contributed by atoms with Crippen LogP contribution in [0.1, 0.15) is 26.3 Å². The first-order valence-corrected chi connectivity index (χ1v) is 7.26. The van der Waals surface area contributed by atoms with Crippen molar-refractivity contribution in [3.05, 3.63) is 52.2 Å². The maximum Gasteiger partial charge on any atom is 0.417 e. The summed E-state index contributed by atoms with van der Waals surface area (Å²) in [5, 5.41) is -0.400. The van der Waals surface area contributed by atoms with Crippen LogP contribution in [0.3, 0.4) is 0 Å². The first-order chi connectivity index (χ1) is 12.2. The number of ether oxygens (including phenoxy) is 3. The lowest BCUT2D eigenvalue weighted by Gasteiger charge is -2.11. The van der Waals surface area contributed by atoms with Gasteiger partial charge in [0.05, 0.1) is 30.9 Å². The smallest absolute Gasteiger partial charge is 0.417 e. The molecular formula is C16H11ClF3NO5. The van der Waals surface area contributed by atoms with Gasteiger partial charge in [-0.05, 0) is 24.3 Å². The molecule has 0 bridgehead atoms. The molecule has 0 aliphatic heterocycles. The van der Waals surface area contributed by atoms with Crippen LogP contribution < -0.4 is 4.74 Å². The second-order valence-corrected chi connectivity index (χ2v) is 5.25. The van der Waals surface area contributed by atoms with Gasteiger partial charge in [-0.25, -0.2) is 14.6 Å². The third-order valence-corrected chi connectivity index (χ3v) is 3.37. The number of carbonyl (C=O) groups is 2. The van der Waals surface area contributed by atoms with Crippen LogP contribution in [0.15, 0.2) is 30.5 Å². The highest BCUT2D eigenvalue weighted by Gasteiger charge is 2.32. The monoisotopic (exact) mass is 389 g/mol. The van der Waals surface area contributed by atoms with E-state index in [1.165, 1.54) is 18.2 Å². The summed E-state index contributed by atoms with van der Waals surface area (Å²) in [5.74, 6) is -1.92. The Bertz CT molecular complexity index is 820. The van der Waals surface area contributed by atoms with Gasteiger partial charge in [0.25, 0.3) is 0 Å². The Morgan fingerprint density at radius 2 is 1.54 bits per heavy atom. The first-order valence-electron chi connectivity index (χ1n) is 6.88. The van der Waals surface area contributed by atoms with Gasteiger partial charge in [-0.2, -0.15) is 13.2 Å². The molecule has 2 rings (SSSR count). The van der Waals surface area contributed by atoms with Gasteiger partial charge in [0.1, 0.15) is 10.8 Å². The van der Waals surface area contributed by atoms with Crippen LogP contribution >= 0.6 is 11.6 Å². The van der Waals surface area contributed by atoms with Crippen molar-refractivity contribution < 1.29 is 37.0 Å². The van der Waals surface area contributed by atoms with E-state index in [9.17, 15) is 22.8 Å². The Morgan fingerprint density at radius 3 is 1.96 bits per heavy atom. The van der Waals surface area contributed by atoms with Gasteiger partial charge in [0, 0.05) is 6.20 Å². The lowest BCUT2D eigenvalue weighted by Crippen LogP contribution is -2.08. The SMILES string of the molecule is COC(=O)c1cc(Oc2ncc(C(F)(F)F)cc2Cl)cc(C(=O)OC)c1. The molecule has 1 aromatic heterocycles. The van der Waals surface area contributed by atoms with Crippen LogP contribution in [0.5, 0.6) is 11.6 Å². The summed E-state index contributed by atoms with van der Waals surface area (Å²) in [7, 11) is 2.28. The molecule has 1 aromatic carbocycles. The van der Waals surface area contributed by atoms with Gasteiger partial charge in [-0.1, -0.05) is 11.6 Å². The Balaban J connectivity index is 2.42. The van der Waals surface area contributed by atoms with Crippen molar-refractivity contribution in [2.75, 3.05) is 14.2 Å². The van der Waals surface area contributed by atoms with Gasteiger partial charge in [-0.15, -0.1) is 0 Å². The average molecular weight is 390 g/mol. The Labute approximate surface area is 150 Å². The van der Waals surface area contributed by atoms with Gasteiger partial charge in [0.2, 0.25) is 5.88 Å². The lowest BCUT2D eigenvalue weighted by molar-refractivity contribution is -0.137. The molecule has 1 heterocycles. The lowest BCUT2D eigenvalue weighted by atomic mass is 10.1. The third-order valence-electron chi connectivity index (χ3n) is 3.10. The van der Waals surface area contributed by atoms with Gasteiger partial charge < -0.3 is 14.2 Å². The van der Waals surface area contributed by atoms with E-state index >= 15 is 0 Å². The van der Waals surface area contributed by atoms with E-state index in [-0.39, 0.29) is 22.8 Å². The van der Waals surface area contributed by atoms with Crippen molar-refractivity contribution in [2.45, 2.75) is 6.18 Å². The van der Waals surface area contributed by atoms with E-state index in [1.54, 1.807) is 0 Å². The quantitative estimate of drug-likeness (QED) is 0.732. The largest absolute Gasteiger partial charge is 0.465 e. The van der Waals surface area contributed by atoms with E-state index in [4.69, 9.17) is 16.3 Å². The van der Waals surface area contributed by atoms with Gasteiger partial charge in [0.15, 0.2) is 0 Å². The van der Waals surface area contributed by atoms with Crippen LogP contribution in [-0.4, -0.2) is 31.1 Å². The first kappa shape index (κ1) is 19.5. The summed E-state index contributed by atoms with van der Waals surface area (Å²) in [6, 6.07) is 4.30. The van der Waals surface area contributed by atoms with Crippen LogP contribution in [-0.2, 0) is 15.7 Å². The van der Waals surface area contributed by atoms with Crippen molar-refractivity contribution in [1.29, 1.82) is 0 Å². The Hall–Kier alpha value is -2.81. The second-order valence-electron chi connectivity index (χ2n) is 4.84. The molecule has 138 valence electrons. The van der Waals surface area contributed by atoms with Crippen molar-refractivity contribution in [3.63, 3.8) is 0 Å². The van der Waals surface area contributed by atoms with Crippen LogP contribution in [0.4, 0.5) is 13.2 Å². The summed E-state index contributed by atoms with van der Waals surface area (Å²) in [6.07, 6.45) is -4.06. The number of methoxy groups -OCH3 is 2. The minimum absolute atomic E-state index is 0.0339. The fraction of sp³-hybridized carbons (Fsp3) is 0.188. The van der Waals surface area contributed by atoms with E-state index in [0.717, 1.165) is 14.2 Å². The molecule has 0 atom stereocenters. The van der Waals surface area contributed by atoms with Gasteiger partial charge in [-0.3, -0.25) is 0 Å². The molecule has 0 aliphatic rings. The highest BCUT2D eigenvalue weighted by molar-refractivity contribution is 6.31. The minimum Gasteiger partial charge on any atom is -0.465 e. The number of esters is 2. The van der Waals surface area contributed by atoms with Crippen molar-refractivity contribution in [3.8, 4) is 11.6 Å². The maximum absolute atomic E-state index is 12.6. The van der Waals surface area contributed by atoms with Crippen LogP contribution in [0.2, 0.25) is 5.02 Å². The number of halogens is 4. The predicted molar refractivity (Wildman–Crippen MR) is 83.4 cm³/mol. The molecule has 26 heavy (non-hydrogen) atoms. The molecule has 0 radical (unpaired) electrons. The number of nitrogens with zero attached hydrogens (tertiary/aromatic N) is 1.